The predicted molar refractivity (Wildman–Crippen MR) is 53.7 cm³/mol. The maximum absolute atomic E-state index is 5.20. The second-order valence-corrected chi connectivity index (χ2v) is 2.91. The van der Waals surface area contributed by atoms with E-state index in [1.54, 1.807) is 0 Å². The Labute approximate surface area is 77.6 Å². The molecule has 13 heavy (non-hydrogen) atoms. The number of hydrogen-bond donors (Lipinski definition) is 0. The standard InChI is InChI=1S/C11H11NO/c1-2-4-10(5-3-1)6-7-11-8-12-9-13-11/h1-7,9,11H,8H2/b7-6+. The van der Waals surface area contributed by atoms with E-state index in [9.17, 15) is 0 Å². The number of hydrogen-bond acceptors (Lipinski definition) is 2. The number of nitrogens with zero attached hydrogens (tertiary/aromatic N) is 1. The van der Waals surface area contributed by atoms with Crippen LogP contribution in [0.15, 0.2) is 41.4 Å². The summed E-state index contributed by atoms with van der Waals surface area (Å²) in [5, 5.41) is 0. The van der Waals surface area contributed by atoms with E-state index < -0.39 is 0 Å². The molecule has 0 aromatic heterocycles. The summed E-state index contributed by atoms with van der Waals surface area (Å²) in [6, 6.07) is 10.2. The van der Waals surface area contributed by atoms with Crippen LogP contribution >= 0.6 is 0 Å². The highest BCUT2D eigenvalue weighted by atomic mass is 16.5. The van der Waals surface area contributed by atoms with Crippen molar-refractivity contribution in [2.75, 3.05) is 6.54 Å². The molecule has 1 aromatic rings. The van der Waals surface area contributed by atoms with Crippen molar-refractivity contribution in [3.8, 4) is 0 Å². The summed E-state index contributed by atoms with van der Waals surface area (Å²) in [6.07, 6.45) is 5.72. The van der Waals surface area contributed by atoms with E-state index >= 15 is 0 Å². The van der Waals surface area contributed by atoms with Crippen LogP contribution in [0.5, 0.6) is 0 Å². The second kappa shape index (κ2) is 3.90. The Morgan fingerprint density at radius 3 is 2.85 bits per heavy atom. The molecule has 0 N–H and O–H groups in total. The molecule has 0 amide bonds. The SMILES string of the molecule is C1=NCC(/C=C/c2ccccc2)O1. The second-order valence-electron chi connectivity index (χ2n) is 2.91. The molecule has 1 aromatic carbocycles. The largest absolute Gasteiger partial charge is 0.474 e. The minimum absolute atomic E-state index is 0.125. The minimum atomic E-state index is 0.125. The van der Waals surface area contributed by atoms with Gasteiger partial charge >= 0.3 is 0 Å². The zero-order valence-corrected chi connectivity index (χ0v) is 7.26. The van der Waals surface area contributed by atoms with Crippen molar-refractivity contribution in [1.29, 1.82) is 0 Å². The molecule has 1 aliphatic rings. The molecule has 1 aliphatic heterocycles. The number of benzene rings is 1. The average molecular weight is 173 g/mol. The van der Waals surface area contributed by atoms with Crippen LogP contribution in [0.2, 0.25) is 0 Å². The first-order valence-corrected chi connectivity index (χ1v) is 4.32. The van der Waals surface area contributed by atoms with Crippen LogP contribution < -0.4 is 0 Å². The molecule has 0 saturated heterocycles. The van der Waals surface area contributed by atoms with Gasteiger partial charge in [-0.25, -0.2) is 0 Å². The van der Waals surface area contributed by atoms with Gasteiger partial charge in [0.1, 0.15) is 6.10 Å². The quantitative estimate of drug-likeness (QED) is 0.671. The van der Waals surface area contributed by atoms with Crippen molar-refractivity contribution in [2.45, 2.75) is 6.10 Å². The fraction of sp³-hybridized carbons (Fsp3) is 0.182. The van der Waals surface area contributed by atoms with Crippen molar-refractivity contribution in [3.05, 3.63) is 42.0 Å². The zero-order valence-electron chi connectivity index (χ0n) is 7.26. The molecule has 1 unspecified atom stereocenters. The molecular formula is C11H11NO. The van der Waals surface area contributed by atoms with E-state index in [1.807, 2.05) is 24.3 Å². The fourth-order valence-corrected chi connectivity index (χ4v) is 1.20. The van der Waals surface area contributed by atoms with Crippen LogP contribution in [0, 0.1) is 0 Å². The number of rotatable bonds is 2. The van der Waals surface area contributed by atoms with E-state index in [0.29, 0.717) is 0 Å². The molecule has 2 rings (SSSR count). The molecule has 0 spiro atoms. The van der Waals surface area contributed by atoms with Gasteiger partial charge in [-0.1, -0.05) is 36.4 Å². The van der Waals surface area contributed by atoms with Crippen molar-refractivity contribution < 1.29 is 4.74 Å². The molecule has 1 heterocycles. The van der Waals surface area contributed by atoms with Crippen LogP contribution in [0.4, 0.5) is 0 Å². The zero-order chi connectivity index (χ0) is 8.93. The summed E-state index contributed by atoms with van der Waals surface area (Å²) in [4.78, 5) is 3.98. The van der Waals surface area contributed by atoms with Gasteiger partial charge in [-0.3, -0.25) is 4.99 Å². The van der Waals surface area contributed by atoms with E-state index in [1.165, 1.54) is 12.0 Å². The van der Waals surface area contributed by atoms with Crippen molar-refractivity contribution in [3.63, 3.8) is 0 Å². The Morgan fingerprint density at radius 2 is 2.15 bits per heavy atom. The highest BCUT2D eigenvalue weighted by molar-refractivity contribution is 5.53. The minimum Gasteiger partial charge on any atom is -0.474 e. The van der Waals surface area contributed by atoms with E-state index in [4.69, 9.17) is 4.74 Å². The van der Waals surface area contributed by atoms with E-state index in [-0.39, 0.29) is 6.10 Å². The lowest BCUT2D eigenvalue weighted by Crippen LogP contribution is -2.04. The Bertz CT molecular complexity index is 308. The molecule has 0 bridgehead atoms. The summed E-state index contributed by atoms with van der Waals surface area (Å²) in [7, 11) is 0. The first-order valence-electron chi connectivity index (χ1n) is 4.32. The summed E-state index contributed by atoms with van der Waals surface area (Å²) >= 11 is 0. The third-order valence-electron chi connectivity index (χ3n) is 1.90. The van der Waals surface area contributed by atoms with Gasteiger partial charge in [0.25, 0.3) is 0 Å². The summed E-state index contributed by atoms with van der Waals surface area (Å²) in [5.41, 5.74) is 1.19. The van der Waals surface area contributed by atoms with Crippen LogP contribution in [-0.2, 0) is 4.74 Å². The van der Waals surface area contributed by atoms with Crippen LogP contribution in [-0.4, -0.2) is 19.0 Å². The lowest BCUT2D eigenvalue weighted by molar-refractivity contribution is 0.286. The van der Waals surface area contributed by atoms with Gasteiger partial charge in [-0.15, -0.1) is 0 Å². The molecule has 0 fully saturated rings. The Morgan fingerprint density at radius 1 is 1.31 bits per heavy atom. The number of aliphatic imine (C=N–C) groups is 1. The molecule has 2 nitrogen and oxygen atoms in total. The van der Waals surface area contributed by atoms with Gasteiger partial charge in [0.2, 0.25) is 0 Å². The highest BCUT2D eigenvalue weighted by Crippen LogP contribution is 2.05. The van der Waals surface area contributed by atoms with Gasteiger partial charge in [0.15, 0.2) is 6.40 Å². The number of ether oxygens (including phenoxy) is 1. The van der Waals surface area contributed by atoms with Gasteiger partial charge in [0.05, 0.1) is 6.54 Å². The third kappa shape index (κ3) is 2.18. The summed E-state index contributed by atoms with van der Waals surface area (Å²) in [5.74, 6) is 0. The average Bonchev–Trinajstić information content (AvgIpc) is 2.69. The van der Waals surface area contributed by atoms with Crippen LogP contribution in [0.25, 0.3) is 6.08 Å². The molecular weight excluding hydrogens is 162 g/mol. The third-order valence-corrected chi connectivity index (χ3v) is 1.90. The fourth-order valence-electron chi connectivity index (χ4n) is 1.20. The van der Waals surface area contributed by atoms with Crippen LogP contribution in [0.3, 0.4) is 0 Å². The molecule has 0 saturated carbocycles. The normalized spacial score (nSPS) is 20.8. The van der Waals surface area contributed by atoms with Gasteiger partial charge in [0, 0.05) is 0 Å². The van der Waals surface area contributed by atoms with Crippen LogP contribution in [0.1, 0.15) is 5.56 Å². The Balaban J connectivity index is 1.97. The highest BCUT2D eigenvalue weighted by Gasteiger charge is 2.06. The summed E-state index contributed by atoms with van der Waals surface area (Å²) < 4.78 is 5.20. The molecule has 2 heteroatoms. The predicted octanol–water partition coefficient (Wildman–Crippen LogP) is 2.13. The summed E-state index contributed by atoms with van der Waals surface area (Å²) in [6.45, 7) is 0.739. The van der Waals surface area contributed by atoms with E-state index in [2.05, 4.69) is 23.2 Å². The Kier molecular flexibility index (Phi) is 2.41. The monoisotopic (exact) mass is 173 g/mol. The van der Waals surface area contributed by atoms with Crippen molar-refractivity contribution in [1.82, 2.24) is 0 Å². The first-order chi connectivity index (χ1) is 6.45. The van der Waals surface area contributed by atoms with Gasteiger partial charge in [-0.05, 0) is 11.6 Å². The maximum Gasteiger partial charge on any atom is 0.170 e. The van der Waals surface area contributed by atoms with Crippen molar-refractivity contribution >= 4 is 12.5 Å². The van der Waals surface area contributed by atoms with E-state index in [0.717, 1.165) is 6.54 Å². The van der Waals surface area contributed by atoms with Gasteiger partial charge < -0.3 is 4.74 Å². The lowest BCUT2D eigenvalue weighted by atomic mass is 10.2. The molecule has 66 valence electrons. The molecule has 0 aliphatic carbocycles. The molecule has 0 radical (unpaired) electrons. The van der Waals surface area contributed by atoms with Crippen molar-refractivity contribution in [2.24, 2.45) is 4.99 Å². The smallest absolute Gasteiger partial charge is 0.170 e. The Hall–Kier alpha value is -1.57. The first kappa shape index (κ1) is 8.05. The van der Waals surface area contributed by atoms with Gasteiger partial charge in [-0.2, -0.15) is 0 Å². The molecule has 1 atom stereocenters. The maximum atomic E-state index is 5.20. The topological polar surface area (TPSA) is 21.6 Å². The lowest BCUT2D eigenvalue weighted by Gasteiger charge is -2.00.